The Bertz CT molecular complexity index is 726. The smallest absolute Gasteiger partial charge is 0.414 e. The first-order chi connectivity index (χ1) is 11.2. The van der Waals surface area contributed by atoms with Gasteiger partial charge in [-0.1, -0.05) is 11.2 Å². The predicted octanol–water partition coefficient (Wildman–Crippen LogP) is 3.08. The van der Waals surface area contributed by atoms with E-state index in [-0.39, 0.29) is 12.1 Å². The first kappa shape index (κ1) is 14.0. The van der Waals surface area contributed by atoms with Crippen LogP contribution < -0.4 is 10.2 Å². The fraction of sp³-hybridized carbons (Fsp3) is 0.438. The zero-order chi connectivity index (χ0) is 15.8. The van der Waals surface area contributed by atoms with Gasteiger partial charge in [0.2, 0.25) is 5.89 Å². The number of anilines is 2. The Kier molecular flexibility index (Phi) is 3.40. The topological polar surface area (TPSA) is 80.5 Å². The number of cyclic esters (lactones) is 1. The van der Waals surface area contributed by atoms with Crippen LogP contribution in [0.3, 0.4) is 0 Å². The Hall–Kier alpha value is -2.57. The molecule has 1 aromatic carbocycles. The molecule has 1 aliphatic heterocycles. The van der Waals surface area contributed by atoms with Crippen molar-refractivity contribution in [3.63, 3.8) is 0 Å². The van der Waals surface area contributed by atoms with Crippen molar-refractivity contribution in [1.82, 2.24) is 10.1 Å². The molecule has 7 nitrogen and oxygen atoms in total. The van der Waals surface area contributed by atoms with E-state index in [0.717, 1.165) is 30.0 Å². The number of carbonyl (C=O) groups excluding carboxylic acids is 1. The van der Waals surface area contributed by atoms with Gasteiger partial charge in [0.05, 0.1) is 6.54 Å². The molecule has 0 bridgehead atoms. The molecule has 1 atom stereocenters. The molecule has 2 aliphatic rings. The van der Waals surface area contributed by atoms with Gasteiger partial charge < -0.3 is 14.6 Å². The summed E-state index contributed by atoms with van der Waals surface area (Å²) in [6.45, 7) is 2.98. The summed E-state index contributed by atoms with van der Waals surface area (Å²) in [6, 6.07) is 7.55. The maximum Gasteiger partial charge on any atom is 0.414 e. The van der Waals surface area contributed by atoms with Crippen molar-refractivity contribution >= 4 is 17.5 Å². The van der Waals surface area contributed by atoms with E-state index < -0.39 is 0 Å². The zero-order valence-corrected chi connectivity index (χ0v) is 12.9. The third kappa shape index (κ3) is 2.86. The van der Waals surface area contributed by atoms with Crippen LogP contribution in [-0.4, -0.2) is 29.4 Å². The van der Waals surface area contributed by atoms with Crippen LogP contribution in [0.15, 0.2) is 28.8 Å². The molecule has 23 heavy (non-hydrogen) atoms. The number of benzene rings is 1. The van der Waals surface area contributed by atoms with E-state index in [0.29, 0.717) is 25.0 Å². The third-order valence-corrected chi connectivity index (χ3v) is 4.07. The Balaban J connectivity index is 1.48. The van der Waals surface area contributed by atoms with Crippen molar-refractivity contribution in [3.05, 3.63) is 36.0 Å². The van der Waals surface area contributed by atoms with Gasteiger partial charge in [-0.05, 0) is 38.0 Å². The molecular formula is C16H18N4O3. The molecular weight excluding hydrogens is 296 g/mol. The monoisotopic (exact) mass is 314 g/mol. The van der Waals surface area contributed by atoms with E-state index in [2.05, 4.69) is 15.5 Å². The summed E-state index contributed by atoms with van der Waals surface area (Å²) in [5, 5.41) is 7.37. The molecule has 2 aromatic rings. The number of amides is 1. The van der Waals surface area contributed by atoms with E-state index in [1.807, 2.05) is 31.2 Å². The molecule has 4 rings (SSSR count). The summed E-state index contributed by atoms with van der Waals surface area (Å²) < 4.78 is 10.3. The van der Waals surface area contributed by atoms with Gasteiger partial charge in [-0.25, -0.2) is 4.79 Å². The third-order valence-electron chi connectivity index (χ3n) is 4.07. The Morgan fingerprint density at radius 1 is 1.39 bits per heavy atom. The van der Waals surface area contributed by atoms with Crippen LogP contribution in [-0.2, 0) is 4.74 Å². The van der Waals surface area contributed by atoms with Crippen LogP contribution in [0.2, 0.25) is 0 Å². The molecule has 0 unspecified atom stereocenters. The van der Waals surface area contributed by atoms with Gasteiger partial charge in [0.15, 0.2) is 5.82 Å². The van der Waals surface area contributed by atoms with Gasteiger partial charge in [-0.3, -0.25) is 4.90 Å². The molecule has 1 saturated heterocycles. The number of nitrogens with zero attached hydrogens (tertiary/aromatic N) is 3. The fourth-order valence-electron chi connectivity index (χ4n) is 2.63. The van der Waals surface area contributed by atoms with Gasteiger partial charge in [-0.15, -0.1) is 0 Å². The van der Waals surface area contributed by atoms with Crippen molar-refractivity contribution in [2.24, 2.45) is 0 Å². The Morgan fingerprint density at radius 3 is 3.00 bits per heavy atom. The lowest BCUT2D eigenvalue weighted by Crippen LogP contribution is -2.23. The quantitative estimate of drug-likeness (QED) is 0.913. The van der Waals surface area contributed by atoms with Crippen LogP contribution in [0.4, 0.5) is 16.2 Å². The second-order valence-electron chi connectivity index (χ2n) is 5.95. The van der Waals surface area contributed by atoms with E-state index >= 15 is 0 Å². The summed E-state index contributed by atoms with van der Waals surface area (Å²) in [5.41, 5.74) is 1.70. The molecule has 0 spiro atoms. The maximum absolute atomic E-state index is 11.7. The lowest BCUT2D eigenvalue weighted by molar-refractivity contribution is 0.181. The summed E-state index contributed by atoms with van der Waals surface area (Å²) in [7, 11) is 0. The van der Waals surface area contributed by atoms with Crippen molar-refractivity contribution in [2.75, 3.05) is 23.4 Å². The highest BCUT2D eigenvalue weighted by Gasteiger charge is 2.29. The first-order valence-corrected chi connectivity index (χ1v) is 7.85. The number of hydrogen-bond donors (Lipinski definition) is 1. The standard InChI is InChI=1S/C16H18N4O3/c1-10(15-18-14(19-23-15)11-5-6-11)17-12-3-2-4-13(9-12)20-7-8-22-16(20)21/h2-4,9-11,17H,5-8H2,1H3/t10-/m1/s1. The van der Waals surface area contributed by atoms with Crippen molar-refractivity contribution in [3.8, 4) is 0 Å². The molecule has 1 N–H and O–H groups in total. The van der Waals surface area contributed by atoms with Gasteiger partial charge in [0, 0.05) is 17.3 Å². The maximum atomic E-state index is 11.7. The summed E-state index contributed by atoms with van der Waals surface area (Å²) >= 11 is 0. The lowest BCUT2D eigenvalue weighted by atomic mass is 10.2. The number of carbonyl (C=O) groups is 1. The van der Waals surface area contributed by atoms with Gasteiger partial charge >= 0.3 is 6.09 Å². The van der Waals surface area contributed by atoms with Crippen LogP contribution in [0.5, 0.6) is 0 Å². The van der Waals surface area contributed by atoms with Crippen molar-refractivity contribution in [1.29, 1.82) is 0 Å². The minimum atomic E-state index is -0.304. The van der Waals surface area contributed by atoms with E-state index in [9.17, 15) is 4.79 Å². The van der Waals surface area contributed by atoms with Crippen LogP contribution in [0, 0.1) is 0 Å². The van der Waals surface area contributed by atoms with Crippen LogP contribution in [0.1, 0.15) is 43.4 Å². The molecule has 1 saturated carbocycles. The highest BCUT2D eigenvalue weighted by atomic mass is 16.6. The number of aromatic nitrogens is 2. The fourth-order valence-corrected chi connectivity index (χ4v) is 2.63. The van der Waals surface area contributed by atoms with Crippen molar-refractivity contribution in [2.45, 2.75) is 31.7 Å². The van der Waals surface area contributed by atoms with E-state index in [1.165, 1.54) is 0 Å². The van der Waals surface area contributed by atoms with Gasteiger partial charge in [0.25, 0.3) is 0 Å². The SMILES string of the molecule is C[C@@H](Nc1cccc(N2CCOC2=O)c1)c1nc(C2CC2)no1. The molecule has 1 aliphatic carbocycles. The molecule has 7 heteroatoms. The van der Waals surface area contributed by atoms with E-state index in [1.54, 1.807) is 4.90 Å². The minimum Gasteiger partial charge on any atom is -0.447 e. The summed E-state index contributed by atoms with van der Waals surface area (Å²) in [5.74, 6) is 1.87. The highest BCUT2D eigenvalue weighted by molar-refractivity contribution is 5.89. The molecule has 2 fully saturated rings. The predicted molar refractivity (Wildman–Crippen MR) is 83.4 cm³/mol. The van der Waals surface area contributed by atoms with E-state index in [4.69, 9.17) is 9.26 Å². The lowest BCUT2D eigenvalue weighted by Gasteiger charge is -2.16. The normalized spacial score (nSPS) is 18.8. The second kappa shape index (κ2) is 5.57. The zero-order valence-electron chi connectivity index (χ0n) is 12.9. The van der Waals surface area contributed by atoms with Gasteiger partial charge in [-0.2, -0.15) is 4.98 Å². The average molecular weight is 314 g/mol. The molecule has 0 radical (unpaired) electrons. The Labute approximate surface area is 133 Å². The number of ether oxygens (including phenoxy) is 1. The summed E-state index contributed by atoms with van der Waals surface area (Å²) in [6.07, 6.45) is 1.99. The molecule has 120 valence electrons. The number of nitrogens with one attached hydrogen (secondary N) is 1. The molecule has 1 aromatic heterocycles. The number of rotatable bonds is 5. The van der Waals surface area contributed by atoms with Gasteiger partial charge in [0.1, 0.15) is 12.6 Å². The summed E-state index contributed by atoms with van der Waals surface area (Å²) in [4.78, 5) is 17.7. The van der Waals surface area contributed by atoms with Crippen LogP contribution in [0.25, 0.3) is 0 Å². The largest absolute Gasteiger partial charge is 0.447 e. The number of hydrogen-bond acceptors (Lipinski definition) is 6. The Morgan fingerprint density at radius 2 is 2.26 bits per heavy atom. The van der Waals surface area contributed by atoms with Crippen LogP contribution >= 0.6 is 0 Å². The molecule has 2 heterocycles. The highest BCUT2D eigenvalue weighted by Crippen LogP contribution is 2.38. The second-order valence-corrected chi connectivity index (χ2v) is 5.95. The molecule has 1 amide bonds. The van der Waals surface area contributed by atoms with Crippen molar-refractivity contribution < 1.29 is 14.1 Å². The average Bonchev–Trinajstić information content (AvgIpc) is 3.11. The minimum absolute atomic E-state index is 0.101. The first-order valence-electron chi connectivity index (χ1n) is 7.85.